The average Bonchev–Trinajstić information content (AvgIpc) is 3.38. The predicted molar refractivity (Wildman–Crippen MR) is 108 cm³/mol. The number of halogens is 1. The van der Waals surface area contributed by atoms with E-state index in [0.29, 0.717) is 18.4 Å². The summed E-state index contributed by atoms with van der Waals surface area (Å²) < 4.78 is 26.7. The number of allylic oxidation sites excluding steroid dienone is 2. The van der Waals surface area contributed by atoms with Crippen LogP contribution in [0.25, 0.3) is 0 Å². The van der Waals surface area contributed by atoms with Crippen molar-refractivity contribution in [3.05, 3.63) is 23.8 Å². The monoisotopic (exact) mass is 432 g/mol. The molecule has 31 heavy (non-hydrogen) atoms. The van der Waals surface area contributed by atoms with Crippen LogP contribution in [0.2, 0.25) is 0 Å². The highest BCUT2D eigenvalue weighted by molar-refractivity contribution is 6.01. The number of alkyl halides is 1. The third-order valence-corrected chi connectivity index (χ3v) is 9.33. The van der Waals surface area contributed by atoms with E-state index < -0.39 is 46.6 Å². The maximum absolute atomic E-state index is 15.4. The summed E-state index contributed by atoms with van der Waals surface area (Å²) in [5.41, 5.74) is -3.35. The van der Waals surface area contributed by atoms with E-state index in [1.54, 1.807) is 6.08 Å². The van der Waals surface area contributed by atoms with Gasteiger partial charge in [-0.3, -0.25) is 14.4 Å². The Kier molecular flexibility index (Phi) is 4.16. The molecule has 5 rings (SSSR count). The van der Waals surface area contributed by atoms with Gasteiger partial charge in [0.25, 0.3) is 0 Å². The molecule has 0 aromatic heterocycles. The third-order valence-electron chi connectivity index (χ3n) is 9.33. The molecule has 168 valence electrons. The molecule has 6 nitrogen and oxygen atoms in total. The summed E-state index contributed by atoms with van der Waals surface area (Å²) in [6.45, 7) is 6.45. The number of fused-ring (bicyclic) bond motifs is 3. The molecule has 9 atom stereocenters. The molecule has 3 saturated carbocycles. The normalized spacial score (nSPS) is 51.7. The first-order chi connectivity index (χ1) is 14.4. The van der Waals surface area contributed by atoms with E-state index in [1.165, 1.54) is 19.1 Å². The molecule has 4 fully saturated rings. The van der Waals surface area contributed by atoms with Crippen LogP contribution in [0.15, 0.2) is 23.8 Å². The summed E-state index contributed by atoms with van der Waals surface area (Å²) >= 11 is 0. The van der Waals surface area contributed by atoms with Gasteiger partial charge in [-0.1, -0.05) is 19.9 Å². The average molecular weight is 432 g/mol. The van der Waals surface area contributed by atoms with Crippen LogP contribution in [0.3, 0.4) is 0 Å². The molecule has 0 bridgehead atoms. The fourth-order valence-electron chi connectivity index (χ4n) is 7.85. The number of carbonyl (C=O) groups excluding carboxylic acids is 3. The second-order valence-electron chi connectivity index (χ2n) is 10.6. The van der Waals surface area contributed by atoms with Crippen molar-refractivity contribution in [2.75, 3.05) is 6.61 Å². The zero-order valence-electron chi connectivity index (χ0n) is 18.3. The second-order valence-corrected chi connectivity index (χ2v) is 10.6. The van der Waals surface area contributed by atoms with Gasteiger partial charge in [-0.25, -0.2) is 4.39 Å². The van der Waals surface area contributed by atoms with Gasteiger partial charge in [0.05, 0.1) is 6.10 Å². The number of rotatable bonds is 3. The zero-order valence-corrected chi connectivity index (χ0v) is 18.3. The van der Waals surface area contributed by atoms with Crippen molar-refractivity contribution in [2.45, 2.75) is 70.4 Å². The highest BCUT2D eigenvalue weighted by atomic mass is 19.1. The van der Waals surface area contributed by atoms with Gasteiger partial charge in [-0.15, -0.1) is 0 Å². The van der Waals surface area contributed by atoms with E-state index in [4.69, 9.17) is 9.47 Å². The first-order valence-electron chi connectivity index (χ1n) is 11.1. The van der Waals surface area contributed by atoms with Crippen LogP contribution < -0.4 is 0 Å². The molecular weight excluding hydrogens is 403 g/mol. The van der Waals surface area contributed by atoms with Crippen LogP contribution >= 0.6 is 0 Å². The number of hydrogen-bond donors (Lipinski definition) is 1. The first-order valence-corrected chi connectivity index (χ1v) is 11.1. The molecule has 0 aromatic carbocycles. The number of ketones is 2. The van der Waals surface area contributed by atoms with Crippen molar-refractivity contribution >= 4 is 17.5 Å². The van der Waals surface area contributed by atoms with Gasteiger partial charge in [0.1, 0.15) is 17.4 Å². The standard InChI is InChI=1S/C24H29FO6/c1-12-7-15-16-9-18(25)17-8-14(27)5-6-21(17,3)24(16)20(31-24)10-22(15,4)23(12,29)19(28)11-30-13(2)26/h5-6,8,12,15-16,18,20,29H,7,9-11H2,1-4H3/t12-,15+,16-,18+,20+,21+,22+,23+,24-/m1/s1. The number of hydrogen-bond acceptors (Lipinski definition) is 6. The van der Waals surface area contributed by atoms with Gasteiger partial charge in [-0.05, 0) is 61.7 Å². The summed E-state index contributed by atoms with van der Waals surface area (Å²) in [6, 6.07) is 0. The SMILES string of the molecule is CC(=O)OCC(=O)[C@@]1(O)[C@H](C)C[C@H]2[C@H]3C[C@H](F)C4=CC(=O)C=C[C@]4(C)[C@@]34O[C@H]4C[C@@]21C. The Bertz CT molecular complexity index is 956. The summed E-state index contributed by atoms with van der Waals surface area (Å²) in [5.74, 6) is -1.96. The molecule has 0 radical (unpaired) electrons. The van der Waals surface area contributed by atoms with Crippen molar-refractivity contribution < 1.29 is 33.4 Å². The molecule has 7 heteroatoms. The molecular formula is C24H29FO6. The molecule has 0 amide bonds. The molecule has 1 spiro atoms. The molecule has 1 N–H and O–H groups in total. The van der Waals surface area contributed by atoms with Crippen molar-refractivity contribution in [1.29, 1.82) is 0 Å². The minimum absolute atomic E-state index is 0.129. The fourth-order valence-corrected chi connectivity index (χ4v) is 7.85. The van der Waals surface area contributed by atoms with Crippen LogP contribution in [0.1, 0.15) is 47.0 Å². The van der Waals surface area contributed by atoms with Gasteiger partial charge in [-0.2, -0.15) is 0 Å². The minimum Gasteiger partial charge on any atom is -0.458 e. The lowest BCUT2D eigenvalue weighted by molar-refractivity contribution is -0.171. The Balaban J connectivity index is 1.55. The first kappa shape index (κ1) is 21.0. The molecule has 5 aliphatic rings. The number of ether oxygens (including phenoxy) is 2. The van der Waals surface area contributed by atoms with Gasteiger partial charge in [0, 0.05) is 17.8 Å². The Morgan fingerprint density at radius 1 is 1.29 bits per heavy atom. The predicted octanol–water partition coefficient (Wildman–Crippen LogP) is 2.48. The third kappa shape index (κ3) is 2.31. The zero-order chi connectivity index (χ0) is 22.6. The Hall–Kier alpha value is -1.86. The molecule has 4 aliphatic carbocycles. The van der Waals surface area contributed by atoms with Gasteiger partial charge in [0.15, 0.2) is 12.4 Å². The van der Waals surface area contributed by atoms with E-state index in [9.17, 15) is 19.5 Å². The summed E-state index contributed by atoms with van der Waals surface area (Å²) in [4.78, 5) is 36.3. The Morgan fingerprint density at radius 2 is 2.00 bits per heavy atom. The fraction of sp³-hybridized carbons (Fsp3) is 0.708. The van der Waals surface area contributed by atoms with Gasteiger partial charge < -0.3 is 14.6 Å². The number of aliphatic hydroxyl groups is 1. The summed E-state index contributed by atoms with van der Waals surface area (Å²) in [5, 5.41) is 11.8. The van der Waals surface area contributed by atoms with Gasteiger partial charge >= 0.3 is 5.97 Å². The van der Waals surface area contributed by atoms with Crippen LogP contribution in [0, 0.1) is 28.6 Å². The molecule has 0 unspecified atom stereocenters. The lowest BCUT2D eigenvalue weighted by Crippen LogP contribution is -2.63. The van der Waals surface area contributed by atoms with Crippen molar-refractivity contribution in [1.82, 2.24) is 0 Å². The second kappa shape index (κ2) is 6.13. The number of esters is 1. The molecule has 0 aromatic rings. The van der Waals surface area contributed by atoms with Crippen LogP contribution in [-0.2, 0) is 23.9 Å². The topological polar surface area (TPSA) is 93.2 Å². The maximum atomic E-state index is 15.4. The summed E-state index contributed by atoms with van der Waals surface area (Å²) in [7, 11) is 0. The van der Waals surface area contributed by atoms with Gasteiger partial charge in [0.2, 0.25) is 5.78 Å². The van der Waals surface area contributed by atoms with E-state index in [2.05, 4.69) is 0 Å². The smallest absolute Gasteiger partial charge is 0.303 e. The highest BCUT2D eigenvalue weighted by Crippen LogP contribution is 2.76. The number of Topliss-reactive ketones (excluding diaryl/α,β-unsaturated/α-hetero) is 1. The molecule has 1 saturated heterocycles. The Labute approximate surface area is 180 Å². The van der Waals surface area contributed by atoms with E-state index >= 15 is 4.39 Å². The molecule has 1 heterocycles. The van der Waals surface area contributed by atoms with Crippen molar-refractivity contribution in [2.24, 2.45) is 28.6 Å². The number of epoxide rings is 1. The minimum atomic E-state index is -1.67. The van der Waals surface area contributed by atoms with E-state index in [0.717, 1.165) is 0 Å². The summed E-state index contributed by atoms with van der Waals surface area (Å²) in [6.07, 6.45) is 4.42. The lowest BCUT2D eigenvalue weighted by atomic mass is 9.46. The van der Waals surface area contributed by atoms with Crippen LogP contribution in [0.4, 0.5) is 4.39 Å². The lowest BCUT2D eigenvalue weighted by Gasteiger charge is -2.56. The highest BCUT2D eigenvalue weighted by Gasteiger charge is 2.82. The van der Waals surface area contributed by atoms with E-state index in [1.807, 2.05) is 20.8 Å². The Morgan fingerprint density at radius 3 is 2.68 bits per heavy atom. The van der Waals surface area contributed by atoms with E-state index in [-0.39, 0.29) is 36.1 Å². The quantitative estimate of drug-likeness (QED) is 0.544. The van der Waals surface area contributed by atoms with Crippen molar-refractivity contribution in [3.63, 3.8) is 0 Å². The van der Waals surface area contributed by atoms with Crippen LogP contribution in [0.5, 0.6) is 0 Å². The number of carbonyl (C=O) groups is 3. The molecule has 1 aliphatic heterocycles. The van der Waals surface area contributed by atoms with Crippen molar-refractivity contribution in [3.8, 4) is 0 Å². The maximum Gasteiger partial charge on any atom is 0.303 e. The van der Waals surface area contributed by atoms with Crippen LogP contribution in [-0.4, -0.2) is 52.7 Å². The largest absolute Gasteiger partial charge is 0.458 e.